The molecule has 1 unspecified atom stereocenters. The van der Waals surface area contributed by atoms with Gasteiger partial charge < -0.3 is 20.6 Å². The van der Waals surface area contributed by atoms with Gasteiger partial charge in [0.1, 0.15) is 0 Å². The number of hydrogen-bond donors (Lipinski definition) is 3. The van der Waals surface area contributed by atoms with E-state index in [4.69, 9.17) is 5.11 Å². The summed E-state index contributed by atoms with van der Waals surface area (Å²) in [6.07, 6.45) is 5.34. The highest BCUT2D eigenvalue weighted by Crippen LogP contribution is 2.24. The van der Waals surface area contributed by atoms with Crippen LogP contribution >= 0.6 is 0 Å². The van der Waals surface area contributed by atoms with Crippen molar-refractivity contribution in [3.05, 3.63) is 29.8 Å². The molecule has 1 aromatic carbocycles. The first-order valence-electron chi connectivity index (χ1n) is 9.23. The quantitative estimate of drug-likeness (QED) is 0.727. The van der Waals surface area contributed by atoms with E-state index in [1.807, 2.05) is 0 Å². The van der Waals surface area contributed by atoms with E-state index in [2.05, 4.69) is 10.6 Å². The van der Waals surface area contributed by atoms with Crippen LogP contribution in [0.2, 0.25) is 0 Å². The highest BCUT2D eigenvalue weighted by molar-refractivity contribution is 5.97. The third-order valence-corrected chi connectivity index (χ3v) is 4.86. The van der Waals surface area contributed by atoms with Crippen LogP contribution in [0.1, 0.15) is 55.3 Å². The average molecular weight is 359 g/mol. The molecule has 2 fully saturated rings. The largest absolute Gasteiger partial charge is 0.481 e. The van der Waals surface area contributed by atoms with Crippen LogP contribution in [0.15, 0.2) is 24.3 Å². The van der Waals surface area contributed by atoms with Crippen molar-refractivity contribution in [1.29, 1.82) is 0 Å². The average Bonchev–Trinajstić information content (AvgIpc) is 3.43. The van der Waals surface area contributed by atoms with E-state index in [1.54, 1.807) is 29.2 Å². The molecule has 1 saturated heterocycles. The van der Waals surface area contributed by atoms with Crippen molar-refractivity contribution < 1.29 is 19.5 Å². The van der Waals surface area contributed by atoms with Gasteiger partial charge in [-0.2, -0.15) is 0 Å². The van der Waals surface area contributed by atoms with Crippen molar-refractivity contribution >= 4 is 23.6 Å². The van der Waals surface area contributed by atoms with E-state index in [-0.39, 0.29) is 30.4 Å². The minimum atomic E-state index is -0.837. The minimum absolute atomic E-state index is 0.0397. The van der Waals surface area contributed by atoms with Crippen LogP contribution < -0.4 is 10.6 Å². The Hall–Kier alpha value is -2.57. The Labute approximate surface area is 152 Å². The number of nitrogens with zero attached hydrogens (tertiary/aromatic N) is 1. The van der Waals surface area contributed by atoms with Crippen molar-refractivity contribution in [2.75, 3.05) is 11.9 Å². The van der Waals surface area contributed by atoms with E-state index >= 15 is 0 Å². The molecule has 3 amide bonds. The number of carboxylic acids is 1. The Bertz CT molecular complexity index is 687. The molecule has 140 valence electrons. The molecule has 7 nitrogen and oxygen atoms in total. The van der Waals surface area contributed by atoms with Gasteiger partial charge in [0.05, 0.1) is 0 Å². The van der Waals surface area contributed by atoms with E-state index in [1.165, 1.54) is 0 Å². The van der Waals surface area contributed by atoms with Gasteiger partial charge in [-0.25, -0.2) is 4.79 Å². The molecule has 1 aliphatic heterocycles. The number of carbonyl (C=O) groups excluding carboxylic acids is 2. The molecular weight excluding hydrogens is 334 g/mol. The van der Waals surface area contributed by atoms with Crippen LogP contribution in [0, 0.1) is 0 Å². The summed E-state index contributed by atoms with van der Waals surface area (Å²) >= 11 is 0. The first kappa shape index (κ1) is 18.2. The van der Waals surface area contributed by atoms with Crippen LogP contribution in [0.3, 0.4) is 0 Å². The van der Waals surface area contributed by atoms with Crippen molar-refractivity contribution in [3.8, 4) is 0 Å². The van der Waals surface area contributed by atoms with Gasteiger partial charge in [-0.3, -0.25) is 9.59 Å². The number of benzene rings is 1. The first-order valence-corrected chi connectivity index (χ1v) is 9.23. The topological polar surface area (TPSA) is 98.7 Å². The predicted molar refractivity (Wildman–Crippen MR) is 97.2 cm³/mol. The zero-order valence-corrected chi connectivity index (χ0v) is 14.7. The predicted octanol–water partition coefficient (Wildman–Crippen LogP) is 2.83. The van der Waals surface area contributed by atoms with E-state index in [9.17, 15) is 14.4 Å². The second-order valence-electron chi connectivity index (χ2n) is 7.03. The van der Waals surface area contributed by atoms with Crippen LogP contribution in [0.25, 0.3) is 0 Å². The standard InChI is InChI=1S/C19H25N3O4/c23-17(24)10-9-16-6-1-2-11-22(16)18(25)13-4-3-5-15(12-13)21-19(26)20-14-7-8-14/h3-5,12,14,16H,1-2,6-11H2,(H,23,24)(H2,20,21,26). The van der Waals surface area contributed by atoms with Gasteiger partial charge >= 0.3 is 12.0 Å². The minimum Gasteiger partial charge on any atom is -0.481 e. The van der Waals surface area contributed by atoms with Gasteiger partial charge in [0.2, 0.25) is 0 Å². The molecule has 1 heterocycles. The van der Waals surface area contributed by atoms with Gasteiger partial charge in [-0.15, -0.1) is 0 Å². The smallest absolute Gasteiger partial charge is 0.319 e. The Morgan fingerprint density at radius 1 is 1.15 bits per heavy atom. The number of aliphatic carboxylic acids is 1. The van der Waals surface area contributed by atoms with Crippen LogP contribution in [0.4, 0.5) is 10.5 Å². The Kier molecular flexibility index (Phi) is 5.75. The zero-order chi connectivity index (χ0) is 18.5. The highest BCUT2D eigenvalue weighted by atomic mass is 16.4. The molecule has 3 rings (SSSR count). The number of carbonyl (C=O) groups is 3. The molecule has 1 saturated carbocycles. The fourth-order valence-electron chi connectivity index (χ4n) is 3.33. The number of carboxylic acid groups (broad SMARTS) is 1. The number of urea groups is 1. The van der Waals surface area contributed by atoms with Gasteiger partial charge in [0.15, 0.2) is 0 Å². The molecule has 7 heteroatoms. The maximum absolute atomic E-state index is 12.9. The molecule has 1 aliphatic carbocycles. The number of nitrogens with one attached hydrogen (secondary N) is 2. The molecule has 2 aliphatic rings. The number of hydrogen-bond acceptors (Lipinski definition) is 3. The summed E-state index contributed by atoms with van der Waals surface area (Å²) in [6, 6.07) is 6.88. The summed E-state index contributed by atoms with van der Waals surface area (Å²) in [4.78, 5) is 37.5. The number of amides is 3. The number of rotatable bonds is 6. The van der Waals surface area contributed by atoms with Gasteiger partial charge in [0, 0.05) is 36.3 Å². The third kappa shape index (κ3) is 4.97. The molecule has 0 aromatic heterocycles. The lowest BCUT2D eigenvalue weighted by atomic mass is 9.97. The zero-order valence-electron chi connectivity index (χ0n) is 14.7. The number of piperidine rings is 1. The molecule has 0 bridgehead atoms. The maximum Gasteiger partial charge on any atom is 0.319 e. The van der Waals surface area contributed by atoms with E-state index in [0.717, 1.165) is 32.1 Å². The molecule has 0 radical (unpaired) electrons. The Morgan fingerprint density at radius 2 is 1.96 bits per heavy atom. The monoisotopic (exact) mass is 359 g/mol. The molecule has 26 heavy (non-hydrogen) atoms. The van der Waals surface area contributed by atoms with E-state index in [0.29, 0.717) is 24.2 Å². The summed E-state index contributed by atoms with van der Waals surface area (Å²) in [7, 11) is 0. The van der Waals surface area contributed by atoms with Crippen LogP contribution in [-0.2, 0) is 4.79 Å². The lowest BCUT2D eigenvalue weighted by molar-refractivity contribution is -0.137. The number of anilines is 1. The molecular formula is C19H25N3O4. The lowest BCUT2D eigenvalue weighted by Gasteiger charge is -2.35. The second-order valence-corrected chi connectivity index (χ2v) is 7.03. The lowest BCUT2D eigenvalue weighted by Crippen LogP contribution is -2.44. The summed E-state index contributed by atoms with van der Waals surface area (Å²) in [5.74, 6) is -0.942. The van der Waals surface area contributed by atoms with Gasteiger partial charge in [-0.1, -0.05) is 6.07 Å². The molecule has 3 N–H and O–H groups in total. The number of likely N-dealkylation sites (tertiary alicyclic amines) is 1. The van der Waals surface area contributed by atoms with Crippen molar-refractivity contribution in [3.63, 3.8) is 0 Å². The van der Waals surface area contributed by atoms with Crippen molar-refractivity contribution in [2.24, 2.45) is 0 Å². The highest BCUT2D eigenvalue weighted by Gasteiger charge is 2.28. The normalized spacial score (nSPS) is 19.7. The van der Waals surface area contributed by atoms with Crippen LogP contribution in [-0.4, -0.2) is 46.5 Å². The second kappa shape index (κ2) is 8.21. The van der Waals surface area contributed by atoms with Crippen molar-refractivity contribution in [2.45, 2.75) is 57.0 Å². The van der Waals surface area contributed by atoms with Crippen LogP contribution in [0.5, 0.6) is 0 Å². The SMILES string of the molecule is O=C(O)CCC1CCCCN1C(=O)c1cccc(NC(=O)NC2CC2)c1. The molecule has 1 atom stereocenters. The van der Waals surface area contributed by atoms with Gasteiger partial charge in [-0.05, 0) is 56.7 Å². The maximum atomic E-state index is 12.9. The summed E-state index contributed by atoms with van der Waals surface area (Å²) < 4.78 is 0. The first-order chi connectivity index (χ1) is 12.5. The van der Waals surface area contributed by atoms with E-state index < -0.39 is 5.97 Å². The molecule has 1 aromatic rings. The third-order valence-electron chi connectivity index (χ3n) is 4.86. The summed E-state index contributed by atoms with van der Waals surface area (Å²) in [6.45, 7) is 0.642. The fraction of sp³-hybridized carbons (Fsp3) is 0.526. The summed E-state index contributed by atoms with van der Waals surface area (Å²) in [5.41, 5.74) is 1.09. The summed E-state index contributed by atoms with van der Waals surface area (Å²) in [5, 5.41) is 14.5. The fourth-order valence-corrected chi connectivity index (χ4v) is 3.33. The molecule has 0 spiro atoms. The Balaban J connectivity index is 1.66. The Morgan fingerprint density at radius 3 is 2.69 bits per heavy atom. The van der Waals surface area contributed by atoms with Gasteiger partial charge in [0.25, 0.3) is 5.91 Å². The van der Waals surface area contributed by atoms with Crippen molar-refractivity contribution in [1.82, 2.24) is 10.2 Å².